The summed E-state index contributed by atoms with van der Waals surface area (Å²) in [6.07, 6.45) is 3.68. The number of nitrogens with zero attached hydrogens (tertiary/aromatic N) is 3. The Bertz CT molecular complexity index is 606. The minimum atomic E-state index is 0.200. The lowest BCUT2D eigenvalue weighted by atomic mass is 10.1. The number of likely N-dealkylation sites (N-methyl/N-ethyl adjacent to an activating group) is 1. The second-order valence-corrected chi connectivity index (χ2v) is 6.05. The average molecular weight is 351 g/mol. The van der Waals surface area contributed by atoms with E-state index in [9.17, 15) is 0 Å². The monoisotopic (exact) mass is 350 g/mol. The molecule has 0 saturated carbocycles. The van der Waals surface area contributed by atoms with Crippen LogP contribution in [0.5, 0.6) is 0 Å². The Morgan fingerprint density at radius 3 is 2.71 bits per heavy atom. The highest BCUT2D eigenvalue weighted by Gasteiger charge is 2.19. The zero-order valence-corrected chi connectivity index (χ0v) is 14.7. The van der Waals surface area contributed by atoms with E-state index in [0.29, 0.717) is 0 Å². The standard InChI is InChI=1S/C16H23BrN4/c1-5-12-16(17)15(21(4)20-12)10-14(18-6-2)13-9-11(3)7-8-19-13/h7-9,14,18H,5-6,10H2,1-4H3. The van der Waals surface area contributed by atoms with E-state index in [1.807, 2.05) is 24.0 Å². The Hall–Kier alpha value is -1.20. The molecule has 2 heterocycles. The Morgan fingerprint density at radius 2 is 2.14 bits per heavy atom. The van der Waals surface area contributed by atoms with Gasteiger partial charge in [0.25, 0.3) is 0 Å². The molecular formula is C16H23BrN4. The molecule has 21 heavy (non-hydrogen) atoms. The van der Waals surface area contributed by atoms with Crippen LogP contribution in [-0.4, -0.2) is 21.3 Å². The van der Waals surface area contributed by atoms with E-state index in [4.69, 9.17) is 0 Å². The molecule has 0 aliphatic rings. The van der Waals surface area contributed by atoms with Crippen LogP contribution in [0.3, 0.4) is 0 Å². The van der Waals surface area contributed by atoms with Crippen LogP contribution in [0.25, 0.3) is 0 Å². The fourth-order valence-corrected chi connectivity index (χ4v) is 3.29. The maximum Gasteiger partial charge on any atom is 0.0766 e. The van der Waals surface area contributed by atoms with Crippen molar-refractivity contribution in [2.75, 3.05) is 6.54 Å². The van der Waals surface area contributed by atoms with Gasteiger partial charge in [-0.05, 0) is 53.5 Å². The second-order valence-electron chi connectivity index (χ2n) is 5.26. The molecule has 0 aromatic carbocycles. The van der Waals surface area contributed by atoms with Gasteiger partial charge in [0, 0.05) is 19.7 Å². The number of aryl methyl sites for hydroxylation is 3. The number of hydrogen-bond donors (Lipinski definition) is 1. The van der Waals surface area contributed by atoms with Crippen molar-refractivity contribution in [3.63, 3.8) is 0 Å². The molecule has 0 aliphatic heterocycles. The van der Waals surface area contributed by atoms with E-state index in [0.717, 1.165) is 35.2 Å². The third-order valence-corrected chi connectivity index (χ3v) is 4.56. The Kier molecular flexibility index (Phi) is 5.53. The molecule has 4 nitrogen and oxygen atoms in total. The highest BCUT2D eigenvalue weighted by molar-refractivity contribution is 9.10. The molecule has 0 aliphatic carbocycles. The molecule has 2 aromatic rings. The predicted molar refractivity (Wildman–Crippen MR) is 89.4 cm³/mol. The summed E-state index contributed by atoms with van der Waals surface area (Å²) in [5, 5.41) is 8.11. The first-order valence-corrected chi connectivity index (χ1v) is 8.22. The highest BCUT2D eigenvalue weighted by atomic mass is 79.9. The SMILES string of the molecule is CCNC(Cc1c(Br)c(CC)nn1C)c1cc(C)ccn1. The summed E-state index contributed by atoms with van der Waals surface area (Å²) < 4.78 is 3.10. The van der Waals surface area contributed by atoms with Gasteiger partial charge in [-0.2, -0.15) is 5.10 Å². The smallest absolute Gasteiger partial charge is 0.0766 e. The molecule has 0 radical (unpaired) electrons. The third-order valence-electron chi connectivity index (χ3n) is 3.64. The first-order chi connectivity index (χ1) is 10.1. The zero-order chi connectivity index (χ0) is 15.4. The van der Waals surface area contributed by atoms with Crippen molar-refractivity contribution >= 4 is 15.9 Å². The van der Waals surface area contributed by atoms with E-state index in [2.05, 4.69) is 58.2 Å². The number of aromatic nitrogens is 3. The molecular weight excluding hydrogens is 328 g/mol. The maximum absolute atomic E-state index is 4.57. The minimum Gasteiger partial charge on any atom is -0.309 e. The number of rotatable bonds is 6. The van der Waals surface area contributed by atoms with Crippen LogP contribution in [0, 0.1) is 6.92 Å². The Labute approximate surface area is 135 Å². The summed E-state index contributed by atoms with van der Waals surface area (Å²) in [6, 6.07) is 4.38. The Morgan fingerprint density at radius 1 is 1.38 bits per heavy atom. The fourth-order valence-electron chi connectivity index (χ4n) is 2.51. The summed E-state index contributed by atoms with van der Waals surface area (Å²) in [5.74, 6) is 0. The molecule has 114 valence electrons. The molecule has 1 unspecified atom stereocenters. The first-order valence-electron chi connectivity index (χ1n) is 7.43. The summed E-state index contributed by atoms with van der Waals surface area (Å²) in [6.45, 7) is 7.26. The van der Waals surface area contributed by atoms with Crippen molar-refractivity contribution < 1.29 is 0 Å². The third kappa shape index (κ3) is 3.71. The van der Waals surface area contributed by atoms with Gasteiger partial charge in [-0.25, -0.2) is 0 Å². The zero-order valence-electron chi connectivity index (χ0n) is 13.2. The van der Waals surface area contributed by atoms with Gasteiger partial charge in [-0.3, -0.25) is 9.67 Å². The molecule has 2 aromatic heterocycles. The van der Waals surface area contributed by atoms with Crippen LogP contribution in [0.15, 0.2) is 22.8 Å². The van der Waals surface area contributed by atoms with Gasteiger partial charge in [-0.1, -0.05) is 13.8 Å². The molecule has 0 bridgehead atoms. The van der Waals surface area contributed by atoms with Crippen LogP contribution in [0.1, 0.15) is 42.5 Å². The topological polar surface area (TPSA) is 42.7 Å². The fraction of sp³-hybridized carbons (Fsp3) is 0.500. The second kappa shape index (κ2) is 7.18. The van der Waals surface area contributed by atoms with Crippen LogP contribution in [0.2, 0.25) is 0 Å². The average Bonchev–Trinajstić information content (AvgIpc) is 2.74. The van der Waals surface area contributed by atoms with E-state index in [1.54, 1.807) is 0 Å². The number of nitrogens with one attached hydrogen (secondary N) is 1. The quantitative estimate of drug-likeness (QED) is 0.868. The van der Waals surface area contributed by atoms with Gasteiger partial charge >= 0.3 is 0 Å². The van der Waals surface area contributed by atoms with Crippen LogP contribution in [0.4, 0.5) is 0 Å². The molecule has 2 rings (SSSR count). The van der Waals surface area contributed by atoms with Gasteiger partial charge in [0.15, 0.2) is 0 Å². The molecule has 1 atom stereocenters. The number of halogens is 1. The summed E-state index contributed by atoms with van der Waals surface area (Å²) >= 11 is 3.70. The van der Waals surface area contributed by atoms with Gasteiger partial charge in [0.05, 0.1) is 27.6 Å². The predicted octanol–water partition coefficient (Wildman–Crippen LogP) is 3.34. The first kappa shape index (κ1) is 16.2. The maximum atomic E-state index is 4.57. The van der Waals surface area contributed by atoms with E-state index in [-0.39, 0.29) is 6.04 Å². The molecule has 0 amide bonds. The van der Waals surface area contributed by atoms with Gasteiger partial charge in [0.1, 0.15) is 0 Å². The van der Waals surface area contributed by atoms with Gasteiger partial charge in [-0.15, -0.1) is 0 Å². The van der Waals surface area contributed by atoms with E-state index >= 15 is 0 Å². The normalized spacial score (nSPS) is 12.6. The molecule has 1 N–H and O–H groups in total. The molecule has 5 heteroatoms. The number of pyridine rings is 1. The molecule has 0 saturated heterocycles. The lowest BCUT2D eigenvalue weighted by Gasteiger charge is -2.18. The van der Waals surface area contributed by atoms with Crippen LogP contribution >= 0.6 is 15.9 Å². The minimum absolute atomic E-state index is 0.200. The summed E-state index contributed by atoms with van der Waals surface area (Å²) in [5.41, 5.74) is 4.64. The van der Waals surface area contributed by atoms with Crippen molar-refractivity contribution in [3.8, 4) is 0 Å². The van der Waals surface area contributed by atoms with E-state index < -0.39 is 0 Å². The molecule has 0 spiro atoms. The van der Waals surface area contributed by atoms with E-state index in [1.165, 1.54) is 11.3 Å². The van der Waals surface area contributed by atoms with Crippen LogP contribution in [-0.2, 0) is 19.9 Å². The lowest BCUT2D eigenvalue weighted by molar-refractivity contribution is 0.516. The summed E-state index contributed by atoms with van der Waals surface area (Å²) in [7, 11) is 2.01. The Balaban J connectivity index is 2.30. The van der Waals surface area contributed by atoms with Crippen molar-refractivity contribution in [1.29, 1.82) is 0 Å². The van der Waals surface area contributed by atoms with Crippen molar-refractivity contribution in [3.05, 3.63) is 45.4 Å². The number of hydrogen-bond acceptors (Lipinski definition) is 3. The summed E-state index contributed by atoms with van der Waals surface area (Å²) in [4.78, 5) is 4.53. The lowest BCUT2D eigenvalue weighted by Crippen LogP contribution is -2.25. The van der Waals surface area contributed by atoms with Gasteiger partial charge < -0.3 is 5.32 Å². The molecule has 0 fully saturated rings. The van der Waals surface area contributed by atoms with Crippen molar-refractivity contribution in [2.24, 2.45) is 7.05 Å². The van der Waals surface area contributed by atoms with Crippen molar-refractivity contribution in [2.45, 2.75) is 39.7 Å². The van der Waals surface area contributed by atoms with Gasteiger partial charge in [0.2, 0.25) is 0 Å². The van der Waals surface area contributed by atoms with Crippen LogP contribution < -0.4 is 5.32 Å². The largest absolute Gasteiger partial charge is 0.309 e. The highest BCUT2D eigenvalue weighted by Crippen LogP contribution is 2.26. The van der Waals surface area contributed by atoms with Crippen molar-refractivity contribution in [1.82, 2.24) is 20.1 Å².